The lowest BCUT2D eigenvalue weighted by Gasteiger charge is -2.27. The van der Waals surface area contributed by atoms with Gasteiger partial charge in [-0.1, -0.05) is 61.8 Å². The number of hydrogen-bond acceptors (Lipinski definition) is 24. The number of carbonyl (C=O) groups is 4. The van der Waals surface area contributed by atoms with E-state index in [4.69, 9.17) is 15.3 Å². The van der Waals surface area contributed by atoms with E-state index in [0.717, 1.165) is 77.0 Å². The topological polar surface area (TPSA) is 415 Å². The van der Waals surface area contributed by atoms with Crippen molar-refractivity contribution in [1.82, 2.24) is 0 Å². The quantitative estimate of drug-likeness (QED) is 0.0385. The minimum absolute atomic E-state index is 0.166. The maximum Gasteiger partial charge on any atom is 0.428 e. The molecule has 4 fully saturated rings. The SMILES string of the molecule is CCC(C)(O)CC.CCC(C)(O)CC.CCC(C)(O)CC.CCC(O)(CC)C1CC1OC(=O)C(F)(F)S(=O)(=O)[O-].O=C(OC1CCC1)C(F)(F)S(=O)(=O)[O-].O=C(OC1CCCC1)C(F)(F)S(=O)(=O)[O-].O=C(OC1CCCCC1)C(F)(F)S(=O)(=O)[O-]. The van der Waals surface area contributed by atoms with Crippen molar-refractivity contribution in [1.29, 1.82) is 0 Å². The first-order valence-electron chi connectivity index (χ1n) is 27.2. The third-order valence-electron chi connectivity index (χ3n) is 14.4. The highest BCUT2D eigenvalue weighted by atomic mass is 32.2. The largest absolute Gasteiger partial charge is 0.743 e. The molecule has 0 radical (unpaired) electrons. The summed E-state index contributed by atoms with van der Waals surface area (Å²) in [6.07, 6.45) is 9.95. The lowest BCUT2D eigenvalue weighted by Crippen LogP contribution is -2.42. The molecular weight excluding hydrogens is 1250 g/mol. The van der Waals surface area contributed by atoms with Crippen molar-refractivity contribution in [2.75, 3.05) is 0 Å². The van der Waals surface area contributed by atoms with Gasteiger partial charge in [0.15, 0.2) is 40.5 Å². The zero-order valence-corrected chi connectivity index (χ0v) is 52.6. The number of alkyl halides is 8. The number of hydrogen-bond donors (Lipinski definition) is 4. The minimum Gasteiger partial charge on any atom is -0.743 e. The highest BCUT2D eigenvalue weighted by molar-refractivity contribution is 7.88. The smallest absolute Gasteiger partial charge is 0.428 e. The predicted molar refractivity (Wildman–Crippen MR) is 281 cm³/mol. The summed E-state index contributed by atoms with van der Waals surface area (Å²) in [6.45, 7) is 20.9. The van der Waals surface area contributed by atoms with Crippen molar-refractivity contribution in [2.45, 2.75) is 279 Å². The van der Waals surface area contributed by atoms with Crippen molar-refractivity contribution in [3.8, 4) is 0 Å². The van der Waals surface area contributed by atoms with Crippen LogP contribution in [0.1, 0.15) is 211 Å². The third kappa shape index (κ3) is 29.8. The van der Waals surface area contributed by atoms with Crippen molar-refractivity contribution < 1.29 is 146 Å². The molecule has 0 spiro atoms. The first-order valence-corrected chi connectivity index (χ1v) is 32.8. The maximum absolute atomic E-state index is 12.9. The highest BCUT2D eigenvalue weighted by Gasteiger charge is 2.57. The second-order valence-corrected chi connectivity index (χ2v) is 26.7. The molecule has 4 saturated carbocycles. The fourth-order valence-electron chi connectivity index (χ4n) is 6.34. The molecule has 0 saturated heterocycles. The van der Waals surface area contributed by atoms with Crippen molar-refractivity contribution in [2.24, 2.45) is 5.92 Å². The van der Waals surface area contributed by atoms with E-state index in [1.165, 1.54) is 0 Å². The summed E-state index contributed by atoms with van der Waals surface area (Å²) >= 11 is 0. The summed E-state index contributed by atoms with van der Waals surface area (Å²) in [7, 11) is -24.1. The van der Waals surface area contributed by atoms with Gasteiger partial charge in [-0.15, -0.1) is 0 Å². The van der Waals surface area contributed by atoms with Gasteiger partial charge in [0, 0.05) is 5.92 Å². The Bertz CT molecular complexity index is 2460. The Hall–Kier alpha value is -3.20. The molecule has 4 aliphatic rings. The molecule has 4 rings (SSSR count). The molecule has 0 aromatic rings. The van der Waals surface area contributed by atoms with Gasteiger partial charge in [0.1, 0.15) is 24.4 Å². The number of esters is 4. The van der Waals surface area contributed by atoms with Crippen molar-refractivity contribution in [3.63, 3.8) is 0 Å². The van der Waals surface area contributed by atoms with E-state index in [2.05, 4.69) is 18.9 Å². The van der Waals surface area contributed by atoms with Crippen LogP contribution >= 0.6 is 0 Å². The number of halogens is 8. The summed E-state index contributed by atoms with van der Waals surface area (Å²) in [5.74, 6) is -9.72. The Morgan fingerprint density at radius 1 is 0.376 bits per heavy atom. The van der Waals surface area contributed by atoms with E-state index in [9.17, 15) is 111 Å². The van der Waals surface area contributed by atoms with Crippen LogP contribution in [0.25, 0.3) is 0 Å². The van der Waals surface area contributed by atoms with E-state index in [1.54, 1.807) is 13.8 Å². The zero-order valence-electron chi connectivity index (χ0n) is 49.3. The summed E-state index contributed by atoms with van der Waals surface area (Å²) in [5, 5.41) is 17.4. The molecule has 0 aromatic carbocycles. The second-order valence-electron chi connectivity index (χ2n) is 21.0. The van der Waals surface area contributed by atoms with Crippen LogP contribution in [-0.4, -0.2) is 164 Å². The molecule has 0 heterocycles. The number of carbonyl (C=O) groups excluding carboxylic acids is 4. The zero-order chi connectivity index (χ0) is 67.9. The maximum atomic E-state index is 12.9. The molecule has 36 heteroatoms. The van der Waals surface area contributed by atoms with Crippen LogP contribution in [0.15, 0.2) is 0 Å². The van der Waals surface area contributed by atoms with E-state index >= 15 is 0 Å². The lowest BCUT2D eigenvalue weighted by molar-refractivity contribution is -0.171. The average Bonchev–Trinajstić information content (AvgIpc) is 4.19. The van der Waals surface area contributed by atoms with E-state index in [-0.39, 0.29) is 6.42 Å². The summed E-state index contributed by atoms with van der Waals surface area (Å²) < 4.78 is 239. The van der Waals surface area contributed by atoms with Gasteiger partial charge in [0.2, 0.25) is 0 Å². The van der Waals surface area contributed by atoms with Crippen LogP contribution < -0.4 is 0 Å². The van der Waals surface area contributed by atoms with Gasteiger partial charge in [-0.3, -0.25) is 0 Å². The van der Waals surface area contributed by atoms with Crippen LogP contribution in [0, 0.1) is 5.92 Å². The van der Waals surface area contributed by atoms with Crippen LogP contribution in [0.5, 0.6) is 0 Å². The molecular formula is C49H84F8O24S4-4. The van der Waals surface area contributed by atoms with Gasteiger partial charge in [-0.25, -0.2) is 52.8 Å². The molecule has 0 amide bonds. The van der Waals surface area contributed by atoms with Crippen LogP contribution in [0.3, 0.4) is 0 Å². The van der Waals surface area contributed by atoms with Crippen molar-refractivity contribution in [3.05, 3.63) is 0 Å². The fraction of sp³-hybridized carbons (Fsp3) is 0.918. The van der Waals surface area contributed by atoms with E-state index < -0.39 is 138 Å². The number of rotatable bonds is 21. The number of aliphatic hydroxyl groups is 4. The Morgan fingerprint density at radius 3 is 0.741 bits per heavy atom. The van der Waals surface area contributed by atoms with E-state index in [1.807, 2.05) is 62.3 Å². The summed E-state index contributed by atoms with van der Waals surface area (Å²) in [5.41, 5.74) is -2.39. The lowest BCUT2D eigenvalue weighted by atomic mass is 9.91. The highest BCUT2D eigenvalue weighted by Crippen LogP contribution is 2.46. The Balaban J connectivity index is -0.000000953. The Labute approximate surface area is 492 Å². The molecule has 85 heavy (non-hydrogen) atoms. The second kappa shape index (κ2) is 35.3. The average molecular weight is 1340 g/mol. The number of ether oxygens (including phenoxy) is 4. The van der Waals surface area contributed by atoms with Gasteiger partial charge >= 0.3 is 44.9 Å². The molecule has 0 aromatic heterocycles. The van der Waals surface area contributed by atoms with Crippen molar-refractivity contribution >= 4 is 64.3 Å². The standard InChI is InChI=1S/C10H16F2O6S.C8H12F2O5S.C7H10F2O5S.C6H8F2O5S.3C6H14O/c1-3-9(14,4-2)6-5-7(6)18-8(13)10(11,12)19(15,16)17;9-8(10,16(12,13)14)7(11)15-6-4-2-1-3-5-6;8-7(9,15(11,12)13)6(10)14-5-3-1-2-4-5;7-6(8,14(10,11)12)5(9)13-4-2-1-3-4;3*1-4-6(3,7)5-2/h6-7,14H,3-5H2,1-2H3,(H,15,16,17);6H,1-5H2,(H,12,13,14);5H,1-4H2,(H,11,12,13);4H,1-3H2,(H,10,11,12);3*7H,4-5H2,1-3H3/p-4. The summed E-state index contributed by atoms with van der Waals surface area (Å²) in [6, 6.07) is 0. The van der Waals surface area contributed by atoms with Crippen LogP contribution in [-0.2, 0) is 78.6 Å². The Kier molecular flexibility index (Phi) is 35.7. The van der Waals surface area contributed by atoms with Gasteiger partial charge < -0.3 is 57.6 Å². The Morgan fingerprint density at radius 2 is 0.576 bits per heavy atom. The fourth-order valence-corrected chi connectivity index (χ4v) is 7.35. The van der Waals surface area contributed by atoms with E-state index in [0.29, 0.717) is 51.4 Å². The normalized spacial score (nSPS) is 18.5. The molecule has 4 aliphatic carbocycles. The van der Waals surface area contributed by atoms with Crippen LogP contribution in [0.2, 0.25) is 0 Å². The molecule has 508 valence electrons. The first kappa shape index (κ1) is 86.0. The molecule has 2 atom stereocenters. The molecule has 4 N–H and O–H groups in total. The van der Waals surface area contributed by atoms with Gasteiger partial charge in [-0.05, 0) is 149 Å². The molecule has 24 nitrogen and oxygen atoms in total. The molecule has 0 bridgehead atoms. The van der Waals surface area contributed by atoms with Gasteiger partial charge in [0.25, 0.3) is 0 Å². The van der Waals surface area contributed by atoms with Crippen LogP contribution in [0.4, 0.5) is 35.1 Å². The van der Waals surface area contributed by atoms with Gasteiger partial charge in [-0.2, -0.15) is 35.1 Å². The monoisotopic (exact) mass is 1340 g/mol. The summed E-state index contributed by atoms with van der Waals surface area (Å²) in [4.78, 5) is 43.1. The minimum atomic E-state index is -6.10. The third-order valence-corrected chi connectivity index (χ3v) is 17.6. The first-order chi connectivity index (χ1) is 38.1. The predicted octanol–water partition coefficient (Wildman–Crippen LogP) is 7.11. The molecule has 2 unspecified atom stereocenters. The van der Waals surface area contributed by atoms with Gasteiger partial charge in [0.05, 0.1) is 22.4 Å². The molecule has 0 aliphatic heterocycles.